The van der Waals surface area contributed by atoms with Crippen LogP contribution in [0.2, 0.25) is 0 Å². The van der Waals surface area contributed by atoms with Crippen molar-refractivity contribution in [3.63, 3.8) is 0 Å². The van der Waals surface area contributed by atoms with Crippen molar-refractivity contribution in [2.75, 3.05) is 40.0 Å². The minimum atomic E-state index is -0.758. The lowest BCUT2D eigenvalue weighted by Gasteiger charge is -2.45. The molecular weight excluding hydrogens is 326 g/mol. The summed E-state index contributed by atoms with van der Waals surface area (Å²) in [5.74, 6) is 0. The van der Waals surface area contributed by atoms with Crippen LogP contribution in [0.5, 0.6) is 0 Å². The molecule has 0 amide bonds. The van der Waals surface area contributed by atoms with Crippen LogP contribution in [0.25, 0.3) is 0 Å². The molecule has 1 heterocycles. The molecule has 0 aromatic heterocycles. The monoisotopic (exact) mass is 371 g/mol. The second-order valence-electron chi connectivity index (χ2n) is 11.2. The van der Waals surface area contributed by atoms with Gasteiger partial charge in [-0.3, -0.25) is 4.90 Å². The molecule has 0 radical (unpaired) electrons. The highest BCUT2D eigenvalue weighted by atomic mass is 16.5. The van der Waals surface area contributed by atoms with Crippen molar-refractivity contribution in [3.8, 4) is 0 Å². The van der Waals surface area contributed by atoms with Crippen LogP contribution in [0.15, 0.2) is 0 Å². The maximum Gasteiger partial charge on any atom is 0.0730 e. The lowest BCUT2D eigenvalue weighted by molar-refractivity contribution is -0.121. The van der Waals surface area contributed by atoms with E-state index in [-0.39, 0.29) is 22.3 Å². The first-order valence-electron chi connectivity index (χ1n) is 10.2. The van der Waals surface area contributed by atoms with Crippen LogP contribution in [0.1, 0.15) is 74.7 Å². The Morgan fingerprint density at radius 1 is 1.04 bits per heavy atom. The molecule has 1 fully saturated rings. The van der Waals surface area contributed by atoms with Gasteiger partial charge in [0.05, 0.1) is 24.9 Å². The van der Waals surface area contributed by atoms with Gasteiger partial charge in [-0.1, -0.05) is 48.5 Å². The number of rotatable bonds is 9. The number of nitrogens with zero attached hydrogens (tertiary/aromatic N) is 1. The zero-order valence-electron chi connectivity index (χ0n) is 18.9. The molecule has 1 aliphatic rings. The molecule has 1 N–H and O–H groups in total. The van der Waals surface area contributed by atoms with Crippen molar-refractivity contribution >= 4 is 0 Å². The molecule has 1 rings (SSSR count). The molecule has 2 unspecified atom stereocenters. The van der Waals surface area contributed by atoms with Crippen molar-refractivity contribution in [2.45, 2.75) is 86.4 Å². The summed E-state index contributed by atoms with van der Waals surface area (Å²) in [5.41, 5.74) is -0.511. The number of methoxy groups -OCH3 is 1. The van der Waals surface area contributed by atoms with E-state index in [0.717, 1.165) is 45.7 Å². The predicted molar refractivity (Wildman–Crippen MR) is 110 cm³/mol. The summed E-state index contributed by atoms with van der Waals surface area (Å²) < 4.78 is 11.4. The fourth-order valence-corrected chi connectivity index (χ4v) is 3.82. The Morgan fingerprint density at radius 3 is 2.19 bits per heavy atom. The van der Waals surface area contributed by atoms with Gasteiger partial charge in [0, 0.05) is 33.2 Å². The highest BCUT2D eigenvalue weighted by Crippen LogP contribution is 2.42. The van der Waals surface area contributed by atoms with Crippen LogP contribution in [-0.2, 0) is 9.47 Å². The SMILES string of the molecule is COCC(C)(C)CCC(C)(C)C(C)(O)CC1CN(CC(C)(C)C)CCO1. The molecule has 0 aromatic rings. The Balaban J connectivity index is 2.65. The highest BCUT2D eigenvalue weighted by molar-refractivity contribution is 4.94. The maximum absolute atomic E-state index is 11.3. The molecule has 4 nitrogen and oxygen atoms in total. The zero-order chi connectivity index (χ0) is 20.2. The van der Waals surface area contributed by atoms with E-state index in [1.807, 2.05) is 6.92 Å². The number of ether oxygens (including phenoxy) is 2. The quantitative estimate of drug-likeness (QED) is 0.654. The number of aliphatic hydroxyl groups is 1. The molecule has 0 spiro atoms. The highest BCUT2D eigenvalue weighted by Gasteiger charge is 2.42. The van der Waals surface area contributed by atoms with Crippen LogP contribution in [0, 0.1) is 16.2 Å². The van der Waals surface area contributed by atoms with Gasteiger partial charge in [-0.05, 0) is 36.0 Å². The first-order chi connectivity index (χ1) is 11.7. The van der Waals surface area contributed by atoms with Gasteiger partial charge in [0.1, 0.15) is 0 Å². The van der Waals surface area contributed by atoms with E-state index in [9.17, 15) is 5.11 Å². The van der Waals surface area contributed by atoms with Crippen molar-refractivity contribution in [3.05, 3.63) is 0 Å². The molecule has 26 heavy (non-hydrogen) atoms. The van der Waals surface area contributed by atoms with Gasteiger partial charge < -0.3 is 14.6 Å². The van der Waals surface area contributed by atoms with E-state index in [1.54, 1.807) is 7.11 Å². The summed E-state index contributed by atoms with van der Waals surface area (Å²) in [6, 6.07) is 0. The molecule has 0 bridgehead atoms. The first kappa shape index (κ1) is 23.9. The summed E-state index contributed by atoms with van der Waals surface area (Å²) in [5, 5.41) is 11.3. The fourth-order valence-electron chi connectivity index (χ4n) is 3.82. The molecule has 1 aliphatic heterocycles. The minimum absolute atomic E-state index is 0.104. The van der Waals surface area contributed by atoms with Crippen LogP contribution in [0.4, 0.5) is 0 Å². The van der Waals surface area contributed by atoms with Crippen LogP contribution >= 0.6 is 0 Å². The van der Waals surface area contributed by atoms with E-state index in [2.05, 4.69) is 53.4 Å². The normalized spacial score (nSPS) is 23.1. The Labute approximate surface area is 162 Å². The topological polar surface area (TPSA) is 41.9 Å². The van der Waals surface area contributed by atoms with Gasteiger partial charge in [0.15, 0.2) is 0 Å². The Morgan fingerprint density at radius 2 is 1.65 bits per heavy atom. The van der Waals surface area contributed by atoms with E-state index in [0.29, 0.717) is 6.42 Å². The third-order valence-corrected chi connectivity index (χ3v) is 5.97. The molecule has 156 valence electrons. The van der Waals surface area contributed by atoms with Gasteiger partial charge in [-0.2, -0.15) is 0 Å². The van der Waals surface area contributed by atoms with Crippen LogP contribution in [0.3, 0.4) is 0 Å². The summed E-state index contributed by atoms with van der Waals surface area (Å²) in [6.07, 6.45) is 2.79. The second kappa shape index (κ2) is 8.89. The minimum Gasteiger partial charge on any atom is -0.390 e. The van der Waals surface area contributed by atoms with Gasteiger partial charge in [-0.25, -0.2) is 0 Å². The van der Waals surface area contributed by atoms with Gasteiger partial charge in [-0.15, -0.1) is 0 Å². The molecule has 0 aromatic carbocycles. The molecule has 1 saturated heterocycles. The number of hydrogen-bond donors (Lipinski definition) is 1. The van der Waals surface area contributed by atoms with Crippen molar-refractivity contribution in [2.24, 2.45) is 16.2 Å². The summed E-state index contributed by atoms with van der Waals surface area (Å²) >= 11 is 0. The first-order valence-corrected chi connectivity index (χ1v) is 10.2. The summed E-state index contributed by atoms with van der Waals surface area (Å²) in [7, 11) is 1.76. The summed E-state index contributed by atoms with van der Waals surface area (Å²) in [4.78, 5) is 2.49. The Kier molecular flexibility index (Phi) is 8.17. The maximum atomic E-state index is 11.3. The van der Waals surface area contributed by atoms with Crippen LogP contribution < -0.4 is 0 Å². The predicted octanol–water partition coefficient (Wildman–Crippen LogP) is 4.35. The van der Waals surface area contributed by atoms with Crippen LogP contribution in [-0.4, -0.2) is 61.7 Å². The zero-order valence-corrected chi connectivity index (χ0v) is 18.9. The average Bonchev–Trinajstić information content (AvgIpc) is 2.43. The molecule has 4 heteroatoms. The standard InChI is InChI=1S/C22H45NO3/c1-19(2,3)16-23-12-13-26-18(15-23)14-22(8,24)21(6,7)11-10-20(4,5)17-25-9/h18,24H,10-17H2,1-9H3. The van der Waals surface area contributed by atoms with Crippen molar-refractivity contribution < 1.29 is 14.6 Å². The van der Waals surface area contributed by atoms with Gasteiger partial charge in [0.25, 0.3) is 0 Å². The number of morpholine rings is 1. The fraction of sp³-hybridized carbons (Fsp3) is 1.00. The van der Waals surface area contributed by atoms with Crippen molar-refractivity contribution in [1.82, 2.24) is 4.90 Å². The Bertz CT molecular complexity index is 424. The Hall–Kier alpha value is -0.160. The van der Waals surface area contributed by atoms with Gasteiger partial charge >= 0.3 is 0 Å². The lowest BCUT2D eigenvalue weighted by Crippen LogP contribution is -2.51. The van der Waals surface area contributed by atoms with E-state index in [4.69, 9.17) is 9.47 Å². The third-order valence-electron chi connectivity index (χ3n) is 5.97. The third kappa shape index (κ3) is 7.84. The van der Waals surface area contributed by atoms with Gasteiger partial charge in [0.2, 0.25) is 0 Å². The van der Waals surface area contributed by atoms with E-state index >= 15 is 0 Å². The van der Waals surface area contributed by atoms with E-state index < -0.39 is 5.60 Å². The molecule has 2 atom stereocenters. The lowest BCUT2D eigenvalue weighted by atomic mass is 9.68. The smallest absolute Gasteiger partial charge is 0.0730 e. The van der Waals surface area contributed by atoms with E-state index in [1.165, 1.54) is 0 Å². The average molecular weight is 372 g/mol. The second-order valence-corrected chi connectivity index (χ2v) is 11.2. The van der Waals surface area contributed by atoms with Crippen molar-refractivity contribution in [1.29, 1.82) is 0 Å². The largest absolute Gasteiger partial charge is 0.390 e. The summed E-state index contributed by atoms with van der Waals surface area (Å²) in [6.45, 7) is 22.1. The molecule has 0 saturated carbocycles. The number of hydrogen-bond acceptors (Lipinski definition) is 4. The molecular formula is C22H45NO3. The molecule has 0 aliphatic carbocycles.